The number of carbonyl (C=O) groups excluding carboxylic acids is 1. The molecule has 1 aromatic rings. The number of unbranched alkanes of at least 4 members (excludes halogenated alkanes) is 2. The first-order valence-electron chi connectivity index (χ1n) is 6.57. The van der Waals surface area contributed by atoms with Gasteiger partial charge in [0.2, 0.25) is 5.91 Å². The van der Waals surface area contributed by atoms with Crippen molar-refractivity contribution in [3.8, 4) is 12.3 Å². The Bertz CT molecular complexity index is 499. The maximum atomic E-state index is 12.1. The van der Waals surface area contributed by atoms with Crippen LogP contribution >= 0.6 is 0 Å². The molecule has 1 rings (SSSR count). The number of aliphatic carboxylic acids is 1. The largest absolute Gasteiger partial charge is 0.480 e. The first kappa shape index (κ1) is 15.8. The molecule has 0 radical (unpaired) electrons. The van der Waals surface area contributed by atoms with Crippen LogP contribution in [0.25, 0.3) is 0 Å². The van der Waals surface area contributed by atoms with E-state index in [2.05, 4.69) is 5.92 Å². The lowest BCUT2D eigenvalue weighted by atomic mass is 10.1. The summed E-state index contributed by atoms with van der Waals surface area (Å²) in [7, 11) is 0. The van der Waals surface area contributed by atoms with E-state index in [9.17, 15) is 9.59 Å². The highest BCUT2D eigenvalue weighted by atomic mass is 16.4. The van der Waals surface area contributed by atoms with Gasteiger partial charge in [0.05, 0.1) is 0 Å². The molecule has 0 spiro atoms. The number of anilines is 1. The molecule has 106 valence electrons. The first-order chi connectivity index (χ1) is 9.54. The van der Waals surface area contributed by atoms with Crippen LogP contribution in [0.4, 0.5) is 5.69 Å². The molecule has 1 aromatic carbocycles. The molecular weight excluding hydrogens is 254 g/mol. The highest BCUT2D eigenvalue weighted by molar-refractivity contribution is 5.97. The van der Waals surface area contributed by atoms with E-state index in [0.717, 1.165) is 12.0 Å². The second kappa shape index (κ2) is 8.00. The van der Waals surface area contributed by atoms with E-state index in [4.69, 9.17) is 11.5 Å². The quantitative estimate of drug-likeness (QED) is 0.613. The van der Waals surface area contributed by atoms with Crippen LogP contribution in [0.15, 0.2) is 24.3 Å². The number of rotatable bonds is 7. The van der Waals surface area contributed by atoms with Gasteiger partial charge in [0.1, 0.15) is 6.54 Å². The maximum Gasteiger partial charge on any atom is 0.323 e. The molecule has 0 aliphatic heterocycles. The van der Waals surface area contributed by atoms with Gasteiger partial charge in [-0.3, -0.25) is 9.59 Å². The molecule has 0 atom stereocenters. The Morgan fingerprint density at radius 3 is 2.45 bits per heavy atom. The Kier molecular flexibility index (Phi) is 6.31. The summed E-state index contributed by atoms with van der Waals surface area (Å²) in [5, 5.41) is 8.94. The molecule has 0 aromatic heterocycles. The molecule has 4 heteroatoms. The van der Waals surface area contributed by atoms with E-state index < -0.39 is 5.97 Å². The SMILES string of the molecule is C#CCCCCC(=O)N(CC(=O)O)c1ccc(C)cc1. The van der Waals surface area contributed by atoms with Crippen molar-refractivity contribution in [2.45, 2.75) is 32.6 Å². The summed E-state index contributed by atoms with van der Waals surface area (Å²) in [5.41, 5.74) is 1.67. The Morgan fingerprint density at radius 1 is 1.25 bits per heavy atom. The fraction of sp³-hybridized carbons (Fsp3) is 0.375. The summed E-state index contributed by atoms with van der Waals surface area (Å²) < 4.78 is 0. The lowest BCUT2D eigenvalue weighted by molar-refractivity contribution is -0.136. The van der Waals surface area contributed by atoms with E-state index in [-0.39, 0.29) is 12.5 Å². The van der Waals surface area contributed by atoms with E-state index in [1.807, 2.05) is 19.1 Å². The molecule has 20 heavy (non-hydrogen) atoms. The van der Waals surface area contributed by atoms with E-state index in [0.29, 0.717) is 24.9 Å². The van der Waals surface area contributed by atoms with Crippen molar-refractivity contribution in [3.63, 3.8) is 0 Å². The summed E-state index contributed by atoms with van der Waals surface area (Å²) >= 11 is 0. The number of carbonyl (C=O) groups is 2. The topological polar surface area (TPSA) is 57.6 Å². The van der Waals surface area contributed by atoms with Crippen molar-refractivity contribution < 1.29 is 14.7 Å². The average Bonchev–Trinajstić information content (AvgIpc) is 2.42. The van der Waals surface area contributed by atoms with Crippen molar-refractivity contribution >= 4 is 17.6 Å². The van der Waals surface area contributed by atoms with E-state index in [1.54, 1.807) is 12.1 Å². The maximum absolute atomic E-state index is 12.1. The van der Waals surface area contributed by atoms with Crippen LogP contribution < -0.4 is 4.90 Å². The number of terminal acetylenes is 1. The van der Waals surface area contributed by atoms with Crippen molar-refractivity contribution in [3.05, 3.63) is 29.8 Å². The number of carboxylic acid groups (broad SMARTS) is 1. The van der Waals surface area contributed by atoms with Gasteiger partial charge in [-0.1, -0.05) is 17.7 Å². The Morgan fingerprint density at radius 2 is 1.90 bits per heavy atom. The molecule has 0 aliphatic rings. The number of benzene rings is 1. The lowest BCUT2D eigenvalue weighted by Crippen LogP contribution is -2.35. The molecule has 4 nitrogen and oxygen atoms in total. The fourth-order valence-corrected chi connectivity index (χ4v) is 1.82. The number of amides is 1. The van der Waals surface area contributed by atoms with Crippen LogP contribution in [0.5, 0.6) is 0 Å². The zero-order valence-corrected chi connectivity index (χ0v) is 11.6. The lowest BCUT2D eigenvalue weighted by Gasteiger charge is -2.21. The molecule has 0 saturated heterocycles. The number of carboxylic acids is 1. The fourth-order valence-electron chi connectivity index (χ4n) is 1.82. The summed E-state index contributed by atoms with van der Waals surface area (Å²) in [6.45, 7) is 1.62. The molecule has 1 N–H and O–H groups in total. The van der Waals surface area contributed by atoms with Crippen LogP contribution in [0.2, 0.25) is 0 Å². The van der Waals surface area contributed by atoms with Gasteiger partial charge in [-0.25, -0.2) is 0 Å². The van der Waals surface area contributed by atoms with Crippen molar-refractivity contribution in [2.75, 3.05) is 11.4 Å². The van der Waals surface area contributed by atoms with Gasteiger partial charge in [-0.05, 0) is 31.9 Å². The molecule has 0 bridgehead atoms. The Balaban J connectivity index is 2.73. The molecule has 0 heterocycles. The van der Waals surface area contributed by atoms with Crippen LogP contribution in [0.1, 0.15) is 31.2 Å². The van der Waals surface area contributed by atoms with Crippen LogP contribution in [-0.2, 0) is 9.59 Å². The van der Waals surface area contributed by atoms with Crippen molar-refractivity contribution in [2.24, 2.45) is 0 Å². The molecule has 1 amide bonds. The highest BCUT2D eigenvalue weighted by Crippen LogP contribution is 2.17. The third kappa shape index (κ3) is 5.15. The molecule has 0 unspecified atom stereocenters. The number of hydrogen-bond donors (Lipinski definition) is 1. The van der Waals surface area contributed by atoms with Gasteiger partial charge in [0.25, 0.3) is 0 Å². The minimum Gasteiger partial charge on any atom is -0.480 e. The van der Waals surface area contributed by atoms with Gasteiger partial charge < -0.3 is 10.0 Å². The standard InChI is InChI=1S/C16H19NO3/c1-3-4-5-6-7-15(18)17(12-16(19)20)14-10-8-13(2)9-11-14/h1,8-11H,4-7,12H2,2H3,(H,19,20). The van der Waals surface area contributed by atoms with Crippen LogP contribution in [0, 0.1) is 19.3 Å². The number of hydrogen-bond acceptors (Lipinski definition) is 2. The van der Waals surface area contributed by atoms with Gasteiger partial charge in [0.15, 0.2) is 0 Å². The highest BCUT2D eigenvalue weighted by Gasteiger charge is 2.18. The summed E-state index contributed by atoms with van der Waals surface area (Å²) in [5.74, 6) is 1.31. The molecule has 0 saturated carbocycles. The molecule has 0 aliphatic carbocycles. The number of aryl methyl sites for hydroxylation is 1. The second-order valence-corrected chi connectivity index (χ2v) is 4.62. The second-order valence-electron chi connectivity index (χ2n) is 4.62. The van der Waals surface area contributed by atoms with E-state index >= 15 is 0 Å². The van der Waals surface area contributed by atoms with Gasteiger partial charge in [0, 0.05) is 18.5 Å². The van der Waals surface area contributed by atoms with Crippen LogP contribution in [-0.4, -0.2) is 23.5 Å². The third-order valence-electron chi connectivity index (χ3n) is 2.90. The first-order valence-corrected chi connectivity index (χ1v) is 6.57. The van der Waals surface area contributed by atoms with Gasteiger partial charge in [-0.2, -0.15) is 0 Å². The average molecular weight is 273 g/mol. The van der Waals surface area contributed by atoms with Crippen molar-refractivity contribution in [1.29, 1.82) is 0 Å². The predicted molar refractivity (Wildman–Crippen MR) is 78.5 cm³/mol. The zero-order valence-electron chi connectivity index (χ0n) is 11.6. The minimum atomic E-state index is -1.03. The third-order valence-corrected chi connectivity index (χ3v) is 2.90. The summed E-state index contributed by atoms with van der Waals surface area (Å²) in [4.78, 5) is 24.4. The van der Waals surface area contributed by atoms with Gasteiger partial charge in [-0.15, -0.1) is 12.3 Å². The van der Waals surface area contributed by atoms with E-state index in [1.165, 1.54) is 4.90 Å². The molecular formula is C16H19NO3. The van der Waals surface area contributed by atoms with Crippen molar-refractivity contribution in [1.82, 2.24) is 0 Å². The summed E-state index contributed by atoms with van der Waals surface area (Å²) in [6, 6.07) is 7.24. The predicted octanol–water partition coefficient (Wildman–Crippen LogP) is 2.61. The monoisotopic (exact) mass is 273 g/mol. The van der Waals surface area contributed by atoms with Crippen LogP contribution in [0.3, 0.4) is 0 Å². The molecule has 0 fully saturated rings. The minimum absolute atomic E-state index is 0.187. The normalized spacial score (nSPS) is 9.80. The van der Waals surface area contributed by atoms with Gasteiger partial charge >= 0.3 is 5.97 Å². The summed E-state index contributed by atoms with van der Waals surface area (Å²) in [6.07, 6.45) is 7.54. The number of nitrogens with zero attached hydrogens (tertiary/aromatic N) is 1. The zero-order chi connectivity index (χ0) is 15.0. The smallest absolute Gasteiger partial charge is 0.323 e. The Labute approximate surface area is 119 Å². The Hall–Kier alpha value is -2.28.